The largest absolute Gasteiger partial charge is 0.374 e. The Morgan fingerprint density at radius 1 is 1.32 bits per heavy atom. The Morgan fingerprint density at radius 3 is 2.58 bits per heavy atom. The van der Waals surface area contributed by atoms with E-state index in [1.165, 1.54) is 23.1 Å². The van der Waals surface area contributed by atoms with Gasteiger partial charge in [0, 0.05) is 14.6 Å². The predicted molar refractivity (Wildman–Crippen MR) is 85.5 cm³/mol. The zero-order chi connectivity index (χ0) is 13.8. The summed E-state index contributed by atoms with van der Waals surface area (Å²) >= 11 is 9.30. The summed E-state index contributed by atoms with van der Waals surface area (Å²) < 4.78 is 2.46. The van der Waals surface area contributed by atoms with E-state index in [4.69, 9.17) is 5.73 Å². The molecular formula is C10H8Br2N4OS2. The highest BCUT2D eigenvalue weighted by Gasteiger charge is 2.08. The van der Waals surface area contributed by atoms with Gasteiger partial charge in [0.15, 0.2) is 4.34 Å². The van der Waals surface area contributed by atoms with E-state index in [2.05, 4.69) is 47.4 Å². The van der Waals surface area contributed by atoms with Crippen molar-refractivity contribution in [3.05, 3.63) is 27.1 Å². The van der Waals surface area contributed by atoms with Crippen LogP contribution in [0, 0.1) is 0 Å². The van der Waals surface area contributed by atoms with Crippen molar-refractivity contribution in [2.45, 2.75) is 4.34 Å². The van der Waals surface area contributed by atoms with Crippen LogP contribution in [0.15, 0.2) is 31.5 Å². The van der Waals surface area contributed by atoms with Gasteiger partial charge >= 0.3 is 0 Å². The van der Waals surface area contributed by atoms with E-state index in [1.54, 1.807) is 0 Å². The SMILES string of the molecule is Nc1nnc(SCC(=O)Nc2cc(Br)cc(Br)c2)s1. The molecule has 0 aliphatic heterocycles. The molecule has 0 saturated carbocycles. The molecule has 0 unspecified atom stereocenters. The van der Waals surface area contributed by atoms with E-state index in [-0.39, 0.29) is 11.7 Å². The van der Waals surface area contributed by atoms with Crippen LogP contribution in [0.3, 0.4) is 0 Å². The Hall–Kier alpha value is -0.640. The van der Waals surface area contributed by atoms with Crippen LogP contribution in [-0.2, 0) is 4.79 Å². The number of aromatic nitrogens is 2. The first kappa shape index (κ1) is 14.8. The monoisotopic (exact) mass is 422 g/mol. The fraction of sp³-hybridized carbons (Fsp3) is 0.100. The molecule has 0 aliphatic rings. The zero-order valence-electron chi connectivity index (χ0n) is 9.39. The maximum Gasteiger partial charge on any atom is 0.234 e. The molecule has 2 rings (SSSR count). The van der Waals surface area contributed by atoms with Crippen molar-refractivity contribution in [3.63, 3.8) is 0 Å². The van der Waals surface area contributed by atoms with Crippen molar-refractivity contribution in [2.75, 3.05) is 16.8 Å². The van der Waals surface area contributed by atoms with E-state index >= 15 is 0 Å². The van der Waals surface area contributed by atoms with Crippen molar-refractivity contribution >= 4 is 71.7 Å². The Balaban J connectivity index is 1.90. The van der Waals surface area contributed by atoms with Crippen molar-refractivity contribution < 1.29 is 4.79 Å². The number of rotatable bonds is 4. The molecule has 5 nitrogen and oxygen atoms in total. The van der Waals surface area contributed by atoms with Crippen molar-refractivity contribution in [3.8, 4) is 0 Å². The molecule has 0 saturated heterocycles. The number of nitrogens with one attached hydrogen (secondary N) is 1. The fourth-order valence-corrected chi connectivity index (χ4v) is 3.96. The van der Waals surface area contributed by atoms with Gasteiger partial charge in [-0.3, -0.25) is 4.79 Å². The average molecular weight is 424 g/mol. The molecule has 100 valence electrons. The molecule has 1 heterocycles. The van der Waals surface area contributed by atoms with Crippen LogP contribution >= 0.6 is 55.0 Å². The van der Waals surface area contributed by atoms with Gasteiger partial charge in [0.2, 0.25) is 11.0 Å². The lowest BCUT2D eigenvalue weighted by atomic mass is 10.3. The lowest BCUT2D eigenvalue weighted by molar-refractivity contribution is -0.113. The van der Waals surface area contributed by atoms with Gasteiger partial charge in [0.05, 0.1) is 5.75 Å². The highest BCUT2D eigenvalue weighted by molar-refractivity contribution is 9.11. The van der Waals surface area contributed by atoms with Crippen LogP contribution in [0.2, 0.25) is 0 Å². The highest BCUT2D eigenvalue weighted by Crippen LogP contribution is 2.25. The number of nitrogens with zero attached hydrogens (tertiary/aromatic N) is 2. The van der Waals surface area contributed by atoms with E-state index in [9.17, 15) is 4.79 Å². The number of amides is 1. The Labute approximate surface area is 134 Å². The topological polar surface area (TPSA) is 80.9 Å². The van der Waals surface area contributed by atoms with Crippen molar-refractivity contribution in [1.82, 2.24) is 10.2 Å². The number of nitrogen functional groups attached to an aromatic ring is 1. The van der Waals surface area contributed by atoms with E-state index in [0.717, 1.165) is 14.6 Å². The molecule has 0 aliphatic carbocycles. The van der Waals surface area contributed by atoms with Crippen LogP contribution in [-0.4, -0.2) is 21.9 Å². The van der Waals surface area contributed by atoms with Crippen molar-refractivity contribution in [2.24, 2.45) is 0 Å². The number of hydrogen-bond acceptors (Lipinski definition) is 6. The van der Waals surface area contributed by atoms with Gasteiger partial charge in [-0.2, -0.15) is 0 Å². The quantitative estimate of drug-likeness (QED) is 0.736. The number of halogens is 2. The molecule has 19 heavy (non-hydrogen) atoms. The normalized spacial score (nSPS) is 10.4. The second-order valence-corrected chi connectivity index (χ2v) is 7.46. The molecule has 2 aromatic rings. The summed E-state index contributed by atoms with van der Waals surface area (Å²) in [6.07, 6.45) is 0. The van der Waals surface area contributed by atoms with Gasteiger partial charge < -0.3 is 11.1 Å². The maximum atomic E-state index is 11.8. The molecule has 9 heteroatoms. The number of hydrogen-bond donors (Lipinski definition) is 2. The summed E-state index contributed by atoms with van der Waals surface area (Å²) in [5.74, 6) is 0.155. The van der Waals surface area contributed by atoms with E-state index < -0.39 is 0 Å². The van der Waals surface area contributed by atoms with Gasteiger partial charge in [0.25, 0.3) is 0 Å². The smallest absolute Gasteiger partial charge is 0.234 e. The lowest BCUT2D eigenvalue weighted by Gasteiger charge is -2.05. The lowest BCUT2D eigenvalue weighted by Crippen LogP contribution is -2.13. The summed E-state index contributed by atoms with van der Waals surface area (Å²) in [5, 5.41) is 10.7. The molecular weight excluding hydrogens is 416 g/mol. The first-order chi connectivity index (χ1) is 9.02. The first-order valence-corrected chi connectivity index (χ1v) is 8.39. The summed E-state index contributed by atoms with van der Waals surface area (Å²) in [5.41, 5.74) is 6.19. The molecule has 1 amide bonds. The zero-order valence-corrected chi connectivity index (χ0v) is 14.2. The average Bonchev–Trinajstić information content (AvgIpc) is 2.71. The number of carbonyl (C=O) groups excluding carboxylic acids is 1. The third kappa shape index (κ3) is 4.75. The third-order valence-corrected chi connectivity index (χ3v) is 4.70. The van der Waals surface area contributed by atoms with E-state index in [0.29, 0.717) is 9.47 Å². The van der Waals surface area contributed by atoms with E-state index in [1.807, 2.05) is 18.2 Å². The second kappa shape index (κ2) is 6.69. The summed E-state index contributed by atoms with van der Waals surface area (Å²) in [7, 11) is 0. The Bertz CT molecular complexity index is 585. The predicted octanol–water partition coefficient (Wildman–Crippen LogP) is 3.38. The summed E-state index contributed by atoms with van der Waals surface area (Å²) in [4.78, 5) is 11.8. The minimum atomic E-state index is -0.108. The molecule has 0 fully saturated rings. The molecule has 0 atom stereocenters. The molecule has 1 aromatic heterocycles. The molecule has 3 N–H and O–H groups in total. The number of benzene rings is 1. The van der Waals surface area contributed by atoms with Gasteiger partial charge in [-0.15, -0.1) is 10.2 Å². The van der Waals surface area contributed by atoms with Crippen LogP contribution in [0.25, 0.3) is 0 Å². The van der Waals surface area contributed by atoms with Crippen LogP contribution < -0.4 is 11.1 Å². The van der Waals surface area contributed by atoms with Gasteiger partial charge in [-0.1, -0.05) is 55.0 Å². The van der Waals surface area contributed by atoms with Gasteiger partial charge in [0.1, 0.15) is 0 Å². The molecule has 0 radical (unpaired) electrons. The maximum absolute atomic E-state index is 11.8. The number of nitrogens with two attached hydrogens (primary N) is 1. The molecule has 0 spiro atoms. The number of carbonyl (C=O) groups is 1. The summed E-state index contributed by atoms with van der Waals surface area (Å²) in [6, 6.07) is 5.56. The van der Waals surface area contributed by atoms with Crippen LogP contribution in [0.5, 0.6) is 0 Å². The molecule has 1 aromatic carbocycles. The number of anilines is 2. The summed E-state index contributed by atoms with van der Waals surface area (Å²) in [6.45, 7) is 0. The van der Waals surface area contributed by atoms with Gasteiger partial charge in [-0.25, -0.2) is 0 Å². The molecule has 0 bridgehead atoms. The number of thioether (sulfide) groups is 1. The Morgan fingerprint density at radius 2 is 2.00 bits per heavy atom. The highest BCUT2D eigenvalue weighted by atomic mass is 79.9. The van der Waals surface area contributed by atoms with Gasteiger partial charge in [-0.05, 0) is 18.2 Å². The fourth-order valence-electron chi connectivity index (χ4n) is 1.23. The standard InChI is InChI=1S/C10H8Br2N4OS2/c11-5-1-6(12)3-7(2-5)14-8(17)4-18-10-16-15-9(13)19-10/h1-3H,4H2,(H2,13,15)(H,14,17). The minimum Gasteiger partial charge on any atom is -0.374 e. The van der Waals surface area contributed by atoms with Crippen LogP contribution in [0.1, 0.15) is 0 Å². The third-order valence-electron chi connectivity index (χ3n) is 1.90. The second-order valence-electron chi connectivity index (χ2n) is 3.40. The Kier molecular flexibility index (Phi) is 5.20. The van der Waals surface area contributed by atoms with Crippen molar-refractivity contribution in [1.29, 1.82) is 0 Å². The minimum absolute atomic E-state index is 0.108. The van der Waals surface area contributed by atoms with Crippen LogP contribution in [0.4, 0.5) is 10.8 Å². The first-order valence-electron chi connectivity index (χ1n) is 5.00.